The van der Waals surface area contributed by atoms with Gasteiger partial charge in [0.1, 0.15) is 16.5 Å². The minimum absolute atomic E-state index is 0.0214. The van der Waals surface area contributed by atoms with E-state index in [1.807, 2.05) is 38.1 Å². The Morgan fingerprint density at radius 3 is 2.41 bits per heavy atom. The molecular formula is C23H23F2N3O3S. The Hall–Kier alpha value is -2.91. The van der Waals surface area contributed by atoms with Gasteiger partial charge in [0, 0.05) is 43.3 Å². The maximum Gasteiger partial charge on any atom is 0.254 e. The number of sulfonamides is 1. The number of hydrogen-bond acceptors (Lipinski definition) is 4. The molecule has 2 heterocycles. The molecular weight excluding hydrogens is 436 g/mol. The van der Waals surface area contributed by atoms with Crippen molar-refractivity contribution in [2.24, 2.45) is 0 Å². The van der Waals surface area contributed by atoms with E-state index in [0.29, 0.717) is 18.1 Å². The van der Waals surface area contributed by atoms with Gasteiger partial charge in [0.2, 0.25) is 10.0 Å². The summed E-state index contributed by atoms with van der Waals surface area (Å²) in [5.74, 6) is -2.15. The summed E-state index contributed by atoms with van der Waals surface area (Å²) < 4.78 is 54.0. The molecule has 0 saturated carbocycles. The molecule has 1 aliphatic heterocycles. The maximum atomic E-state index is 14.1. The van der Waals surface area contributed by atoms with Gasteiger partial charge in [-0.25, -0.2) is 17.2 Å². The summed E-state index contributed by atoms with van der Waals surface area (Å²) in [6.07, 6.45) is 0.687. The fraction of sp³-hybridized carbons (Fsp3) is 0.304. The molecule has 3 aromatic rings. The number of piperazine rings is 1. The molecule has 4 rings (SSSR count). The first kappa shape index (κ1) is 22.3. The number of hydrogen-bond donors (Lipinski definition) is 0. The number of benzene rings is 2. The van der Waals surface area contributed by atoms with Crippen LogP contribution in [0.4, 0.5) is 8.78 Å². The van der Waals surface area contributed by atoms with Crippen LogP contribution < -0.4 is 0 Å². The quantitative estimate of drug-likeness (QED) is 0.599. The van der Waals surface area contributed by atoms with Crippen LogP contribution in [0.1, 0.15) is 28.5 Å². The Balaban J connectivity index is 1.59. The van der Waals surface area contributed by atoms with Crippen molar-refractivity contribution >= 4 is 26.8 Å². The van der Waals surface area contributed by atoms with Gasteiger partial charge in [-0.1, -0.05) is 25.1 Å². The van der Waals surface area contributed by atoms with Gasteiger partial charge in [0.25, 0.3) is 5.91 Å². The lowest BCUT2D eigenvalue weighted by Gasteiger charge is -2.34. The first-order valence-electron chi connectivity index (χ1n) is 10.4. The summed E-state index contributed by atoms with van der Waals surface area (Å²) in [7, 11) is -4.13. The van der Waals surface area contributed by atoms with Gasteiger partial charge in [0.05, 0.1) is 11.1 Å². The number of halogens is 2. The minimum Gasteiger partial charge on any atom is -0.336 e. The summed E-state index contributed by atoms with van der Waals surface area (Å²) in [5, 5.41) is 0.760. The average Bonchev–Trinajstić information content (AvgIpc) is 2.78. The highest BCUT2D eigenvalue weighted by Gasteiger charge is 2.33. The number of pyridine rings is 1. The van der Waals surface area contributed by atoms with Crippen molar-refractivity contribution in [3.8, 4) is 0 Å². The van der Waals surface area contributed by atoms with Gasteiger partial charge >= 0.3 is 0 Å². The molecule has 6 nitrogen and oxygen atoms in total. The summed E-state index contributed by atoms with van der Waals surface area (Å²) in [4.78, 5) is 19.1. The average molecular weight is 460 g/mol. The molecule has 0 unspecified atom stereocenters. The number of para-hydroxylation sites is 1. The fourth-order valence-corrected chi connectivity index (χ4v) is 5.56. The lowest BCUT2D eigenvalue weighted by atomic mass is 9.99. The number of aromatic nitrogens is 1. The largest absolute Gasteiger partial charge is 0.336 e. The molecule has 1 saturated heterocycles. The first-order valence-corrected chi connectivity index (χ1v) is 11.8. The van der Waals surface area contributed by atoms with Crippen LogP contribution in [0.2, 0.25) is 0 Å². The number of amides is 1. The van der Waals surface area contributed by atoms with Crippen molar-refractivity contribution in [1.29, 1.82) is 0 Å². The Kier molecular flexibility index (Phi) is 5.96. The van der Waals surface area contributed by atoms with Gasteiger partial charge < -0.3 is 4.90 Å². The number of aryl methyl sites for hydroxylation is 1. The third-order valence-electron chi connectivity index (χ3n) is 5.82. The Bertz CT molecular complexity index is 1300. The zero-order chi connectivity index (χ0) is 23.0. The van der Waals surface area contributed by atoms with Crippen LogP contribution in [0.25, 0.3) is 10.9 Å². The standard InChI is InChI=1S/C23H23F2N3O3S/c1-3-19-15(2)22(17-6-4-5-7-20(17)26-19)23(29)27-10-12-28(13-11-27)32(30,31)21-9-8-16(24)14-18(21)25/h4-9,14H,3,10-13H2,1-2H3. The highest BCUT2D eigenvalue weighted by atomic mass is 32.2. The fourth-order valence-electron chi connectivity index (χ4n) is 4.09. The van der Waals surface area contributed by atoms with E-state index in [9.17, 15) is 22.0 Å². The van der Waals surface area contributed by atoms with E-state index >= 15 is 0 Å². The van der Waals surface area contributed by atoms with Crippen molar-refractivity contribution in [1.82, 2.24) is 14.2 Å². The first-order chi connectivity index (χ1) is 15.2. The van der Waals surface area contributed by atoms with E-state index < -0.39 is 26.6 Å². The molecule has 0 spiro atoms. The molecule has 32 heavy (non-hydrogen) atoms. The van der Waals surface area contributed by atoms with Crippen molar-refractivity contribution < 1.29 is 22.0 Å². The normalized spacial score (nSPS) is 15.3. The lowest BCUT2D eigenvalue weighted by Crippen LogP contribution is -2.50. The zero-order valence-electron chi connectivity index (χ0n) is 17.8. The van der Waals surface area contributed by atoms with Gasteiger partial charge in [-0.3, -0.25) is 9.78 Å². The summed E-state index contributed by atoms with van der Waals surface area (Å²) in [6.45, 7) is 4.23. The van der Waals surface area contributed by atoms with Gasteiger partial charge in [-0.2, -0.15) is 4.31 Å². The molecule has 1 aromatic heterocycles. The monoisotopic (exact) mass is 459 g/mol. The van der Waals surface area contributed by atoms with Crippen LogP contribution in [0, 0.1) is 18.6 Å². The van der Waals surface area contributed by atoms with E-state index in [4.69, 9.17) is 0 Å². The molecule has 0 N–H and O–H groups in total. The topological polar surface area (TPSA) is 70.6 Å². The Labute approximate surface area is 185 Å². The van der Waals surface area contributed by atoms with Crippen LogP contribution in [0.5, 0.6) is 0 Å². The van der Waals surface area contributed by atoms with E-state index in [2.05, 4.69) is 4.98 Å². The molecule has 0 radical (unpaired) electrons. The van der Waals surface area contributed by atoms with Crippen molar-refractivity contribution in [3.63, 3.8) is 0 Å². The number of rotatable bonds is 4. The van der Waals surface area contributed by atoms with Crippen molar-refractivity contribution in [3.05, 3.63) is 70.9 Å². The van der Waals surface area contributed by atoms with Crippen LogP contribution >= 0.6 is 0 Å². The van der Waals surface area contributed by atoms with E-state index in [1.165, 1.54) is 0 Å². The molecule has 0 bridgehead atoms. The predicted octanol–water partition coefficient (Wildman–Crippen LogP) is 3.53. The Morgan fingerprint density at radius 2 is 1.75 bits per heavy atom. The highest BCUT2D eigenvalue weighted by molar-refractivity contribution is 7.89. The highest BCUT2D eigenvalue weighted by Crippen LogP contribution is 2.27. The number of fused-ring (bicyclic) bond motifs is 1. The molecule has 168 valence electrons. The zero-order valence-corrected chi connectivity index (χ0v) is 18.6. The van der Waals surface area contributed by atoms with Gasteiger partial charge in [0.15, 0.2) is 0 Å². The molecule has 1 aliphatic rings. The predicted molar refractivity (Wildman–Crippen MR) is 117 cm³/mol. The molecule has 0 aliphatic carbocycles. The van der Waals surface area contributed by atoms with Crippen molar-refractivity contribution in [2.75, 3.05) is 26.2 Å². The second kappa shape index (κ2) is 8.55. The van der Waals surface area contributed by atoms with E-state index in [0.717, 1.165) is 38.6 Å². The third-order valence-corrected chi connectivity index (χ3v) is 7.75. The molecule has 0 atom stereocenters. The second-order valence-corrected chi connectivity index (χ2v) is 9.61. The van der Waals surface area contributed by atoms with Crippen LogP contribution in [-0.4, -0.2) is 54.7 Å². The van der Waals surface area contributed by atoms with E-state index in [1.54, 1.807) is 4.90 Å². The molecule has 2 aromatic carbocycles. The molecule has 1 amide bonds. The van der Waals surface area contributed by atoms with Crippen molar-refractivity contribution in [2.45, 2.75) is 25.2 Å². The SMILES string of the molecule is CCc1nc2ccccc2c(C(=O)N2CCN(S(=O)(=O)c3ccc(F)cc3F)CC2)c1C. The molecule has 1 fully saturated rings. The number of carbonyl (C=O) groups is 1. The summed E-state index contributed by atoms with van der Waals surface area (Å²) in [5.41, 5.74) is 2.99. The maximum absolute atomic E-state index is 14.1. The van der Waals surface area contributed by atoms with Gasteiger partial charge in [-0.05, 0) is 37.1 Å². The second-order valence-electron chi connectivity index (χ2n) is 7.70. The minimum atomic E-state index is -4.13. The smallest absolute Gasteiger partial charge is 0.254 e. The summed E-state index contributed by atoms with van der Waals surface area (Å²) >= 11 is 0. The summed E-state index contributed by atoms with van der Waals surface area (Å²) in [6, 6.07) is 9.85. The van der Waals surface area contributed by atoms with Crippen LogP contribution in [0.3, 0.4) is 0 Å². The third kappa shape index (κ3) is 3.86. The number of nitrogens with zero attached hydrogens (tertiary/aromatic N) is 3. The van der Waals surface area contributed by atoms with Crippen LogP contribution in [-0.2, 0) is 16.4 Å². The Morgan fingerprint density at radius 1 is 1.06 bits per heavy atom. The number of carbonyl (C=O) groups excluding carboxylic acids is 1. The molecule has 9 heteroatoms. The lowest BCUT2D eigenvalue weighted by molar-refractivity contribution is 0.0698. The van der Waals surface area contributed by atoms with E-state index in [-0.39, 0.29) is 32.1 Å². The van der Waals surface area contributed by atoms with Crippen LogP contribution in [0.15, 0.2) is 47.4 Å². The van der Waals surface area contributed by atoms with Gasteiger partial charge in [-0.15, -0.1) is 0 Å².